The minimum absolute atomic E-state index is 0.180. The second kappa shape index (κ2) is 8.58. The number of rotatable bonds is 3. The summed E-state index contributed by atoms with van der Waals surface area (Å²) in [5, 5.41) is 3.36. The summed E-state index contributed by atoms with van der Waals surface area (Å²) in [4.78, 5) is 34.5. The molecule has 12 heteroatoms. The molecule has 0 saturated heterocycles. The van der Waals surface area contributed by atoms with E-state index in [0.717, 1.165) is 5.56 Å². The van der Waals surface area contributed by atoms with Crippen LogP contribution in [0.25, 0.3) is 11.4 Å². The molecule has 9 nitrogen and oxygen atoms in total. The van der Waals surface area contributed by atoms with Gasteiger partial charge >= 0.3 is 18.2 Å². The highest BCUT2D eigenvalue weighted by Crippen LogP contribution is 2.29. The number of hydrogen-bond acceptors (Lipinski definition) is 7. The van der Waals surface area contributed by atoms with Gasteiger partial charge in [-0.15, -0.1) is 0 Å². The van der Waals surface area contributed by atoms with Gasteiger partial charge in [-0.05, 0) is 32.8 Å². The Hall–Kier alpha value is -3.70. The fraction of sp³-hybridized carbons (Fsp3) is 0.409. The Labute approximate surface area is 192 Å². The van der Waals surface area contributed by atoms with E-state index in [9.17, 15) is 22.8 Å². The van der Waals surface area contributed by atoms with E-state index in [1.165, 1.54) is 15.8 Å². The predicted octanol–water partition coefficient (Wildman–Crippen LogP) is 3.65. The number of amides is 1. The van der Waals surface area contributed by atoms with Crippen molar-refractivity contribution in [1.82, 2.24) is 24.6 Å². The van der Waals surface area contributed by atoms with E-state index in [2.05, 4.69) is 19.6 Å². The van der Waals surface area contributed by atoms with Crippen molar-refractivity contribution in [3.05, 3.63) is 63.7 Å². The van der Waals surface area contributed by atoms with Gasteiger partial charge in [0.25, 0.3) is 5.56 Å². The molecule has 4 rings (SSSR count). The molecular formula is C22H22F3N5O4. The topological polar surface area (TPSA) is 103 Å². The monoisotopic (exact) mass is 477 g/mol. The molecule has 0 aliphatic carbocycles. The maximum absolute atomic E-state index is 13.0. The average Bonchev–Trinajstić information content (AvgIpc) is 3.26. The van der Waals surface area contributed by atoms with Crippen LogP contribution < -0.4 is 5.56 Å². The Kier molecular flexibility index (Phi) is 5.92. The summed E-state index contributed by atoms with van der Waals surface area (Å²) in [5.74, 6) is -1.59. The number of carbonyl (C=O) groups excluding carboxylic acids is 1. The van der Waals surface area contributed by atoms with Crippen LogP contribution in [0.4, 0.5) is 18.0 Å². The summed E-state index contributed by atoms with van der Waals surface area (Å²) >= 11 is 0. The number of nitrogens with zero attached hydrogens (tertiary/aromatic N) is 5. The number of halogens is 3. The van der Waals surface area contributed by atoms with Crippen LogP contribution in [-0.2, 0) is 30.4 Å². The Morgan fingerprint density at radius 3 is 2.50 bits per heavy atom. The van der Waals surface area contributed by atoms with Crippen LogP contribution in [-0.4, -0.2) is 42.8 Å². The van der Waals surface area contributed by atoms with E-state index in [1.807, 2.05) is 0 Å². The molecular weight excluding hydrogens is 455 g/mol. The van der Waals surface area contributed by atoms with Gasteiger partial charge in [0, 0.05) is 17.7 Å². The lowest BCUT2D eigenvalue weighted by molar-refractivity contribution is -0.159. The highest BCUT2D eigenvalue weighted by Gasteiger charge is 2.38. The maximum Gasteiger partial charge on any atom is 0.471 e. The van der Waals surface area contributed by atoms with Crippen LogP contribution in [0.1, 0.15) is 43.5 Å². The molecule has 3 heterocycles. The van der Waals surface area contributed by atoms with Crippen LogP contribution >= 0.6 is 0 Å². The predicted molar refractivity (Wildman–Crippen MR) is 113 cm³/mol. The third-order valence-corrected chi connectivity index (χ3v) is 5.08. The lowest BCUT2D eigenvalue weighted by Gasteiger charge is -2.30. The van der Waals surface area contributed by atoms with Gasteiger partial charge in [0.2, 0.25) is 5.82 Å². The molecule has 0 fully saturated rings. The van der Waals surface area contributed by atoms with E-state index < -0.39 is 23.8 Å². The summed E-state index contributed by atoms with van der Waals surface area (Å²) in [6.07, 6.45) is -3.38. The number of ether oxygens (including phenoxy) is 1. The number of alkyl halides is 3. The van der Waals surface area contributed by atoms with E-state index >= 15 is 0 Å². The molecule has 0 unspecified atom stereocenters. The summed E-state index contributed by atoms with van der Waals surface area (Å²) in [5.41, 5.74) is 1.34. The fourth-order valence-electron chi connectivity index (χ4n) is 3.47. The number of benzene rings is 1. The zero-order valence-corrected chi connectivity index (χ0v) is 18.7. The van der Waals surface area contributed by atoms with Crippen LogP contribution in [0.2, 0.25) is 0 Å². The smallest absolute Gasteiger partial charge is 0.444 e. The number of fused-ring (bicyclic) bond motifs is 1. The fourth-order valence-corrected chi connectivity index (χ4v) is 3.47. The van der Waals surface area contributed by atoms with Gasteiger partial charge in [-0.2, -0.15) is 18.2 Å². The molecule has 1 amide bonds. The van der Waals surface area contributed by atoms with Crippen molar-refractivity contribution < 1.29 is 27.2 Å². The molecule has 0 radical (unpaired) electrons. The molecule has 0 N–H and O–H groups in total. The summed E-state index contributed by atoms with van der Waals surface area (Å²) in [6, 6.07) is 6.43. The van der Waals surface area contributed by atoms with Crippen LogP contribution in [0.3, 0.4) is 0 Å². The lowest BCUT2D eigenvalue weighted by atomic mass is 10.1. The zero-order valence-electron chi connectivity index (χ0n) is 18.7. The van der Waals surface area contributed by atoms with E-state index in [0.29, 0.717) is 29.8 Å². The number of carbonyl (C=O) groups is 1. The van der Waals surface area contributed by atoms with Gasteiger partial charge in [-0.1, -0.05) is 29.4 Å². The first-order valence-electron chi connectivity index (χ1n) is 10.5. The molecule has 0 spiro atoms. The highest BCUT2D eigenvalue weighted by atomic mass is 19.4. The molecule has 0 atom stereocenters. The Morgan fingerprint density at radius 2 is 1.88 bits per heavy atom. The first-order valence-corrected chi connectivity index (χ1v) is 10.5. The van der Waals surface area contributed by atoms with Crippen LogP contribution in [0.5, 0.6) is 0 Å². The Bertz CT molecular complexity index is 1260. The van der Waals surface area contributed by atoms with Gasteiger partial charge in [0.1, 0.15) is 5.60 Å². The molecule has 0 saturated carbocycles. The quantitative estimate of drug-likeness (QED) is 0.567. The first kappa shape index (κ1) is 23.5. The third-order valence-electron chi connectivity index (χ3n) is 5.08. The summed E-state index contributed by atoms with van der Waals surface area (Å²) < 4.78 is 49.0. The molecule has 3 aromatic rings. The van der Waals surface area contributed by atoms with Crippen molar-refractivity contribution in [2.45, 2.75) is 52.1 Å². The summed E-state index contributed by atoms with van der Waals surface area (Å²) in [7, 11) is 0. The van der Waals surface area contributed by atoms with Crippen molar-refractivity contribution in [2.75, 3.05) is 6.54 Å². The van der Waals surface area contributed by atoms with Crippen molar-refractivity contribution in [1.29, 1.82) is 0 Å². The molecule has 2 aromatic heterocycles. The van der Waals surface area contributed by atoms with E-state index in [-0.39, 0.29) is 24.5 Å². The highest BCUT2D eigenvalue weighted by molar-refractivity contribution is 5.68. The molecule has 180 valence electrons. The third kappa shape index (κ3) is 5.10. The minimum atomic E-state index is -4.71. The van der Waals surface area contributed by atoms with E-state index in [1.54, 1.807) is 45.0 Å². The van der Waals surface area contributed by atoms with Gasteiger partial charge in [-0.25, -0.2) is 9.78 Å². The van der Waals surface area contributed by atoms with Gasteiger partial charge < -0.3 is 14.2 Å². The van der Waals surface area contributed by atoms with Crippen LogP contribution in [0, 0.1) is 0 Å². The molecule has 34 heavy (non-hydrogen) atoms. The van der Waals surface area contributed by atoms with Crippen molar-refractivity contribution in [3.8, 4) is 11.4 Å². The molecule has 1 aliphatic rings. The SMILES string of the molecule is CC(C)(C)OC(=O)N1CCc2c(ncn(Cc3ccc(-c4noc(C(F)(F)F)n4)cc3)c2=O)C1. The van der Waals surface area contributed by atoms with E-state index in [4.69, 9.17) is 4.74 Å². The Balaban J connectivity index is 1.47. The number of hydrogen-bond donors (Lipinski definition) is 0. The average molecular weight is 477 g/mol. The standard InChI is InChI=1S/C22H22F3N5O4/c1-21(2,3)33-20(32)29-9-8-15-16(11-29)26-12-30(18(15)31)10-13-4-6-14(7-5-13)17-27-19(34-28-17)22(23,24)25/h4-7,12H,8-11H2,1-3H3. The van der Waals surface area contributed by atoms with Crippen molar-refractivity contribution in [2.24, 2.45) is 0 Å². The van der Waals surface area contributed by atoms with Gasteiger partial charge in [0.15, 0.2) is 0 Å². The molecule has 0 bridgehead atoms. The first-order chi connectivity index (χ1) is 15.9. The molecule has 1 aromatic carbocycles. The van der Waals surface area contributed by atoms with Gasteiger partial charge in [0.05, 0.1) is 25.1 Å². The second-order valence-corrected chi connectivity index (χ2v) is 8.87. The maximum atomic E-state index is 13.0. The number of aromatic nitrogens is 4. The second-order valence-electron chi connectivity index (χ2n) is 8.87. The lowest BCUT2D eigenvalue weighted by Crippen LogP contribution is -2.42. The largest absolute Gasteiger partial charge is 0.471 e. The Morgan fingerprint density at radius 1 is 1.18 bits per heavy atom. The normalized spacial score (nSPS) is 14.1. The van der Waals surface area contributed by atoms with Crippen molar-refractivity contribution >= 4 is 6.09 Å². The van der Waals surface area contributed by atoms with Gasteiger partial charge in [-0.3, -0.25) is 9.36 Å². The minimum Gasteiger partial charge on any atom is -0.444 e. The summed E-state index contributed by atoms with van der Waals surface area (Å²) in [6.45, 7) is 6.12. The molecule has 1 aliphatic heterocycles. The van der Waals surface area contributed by atoms with Crippen molar-refractivity contribution in [3.63, 3.8) is 0 Å². The van der Waals surface area contributed by atoms with Crippen LogP contribution in [0.15, 0.2) is 39.9 Å². The zero-order chi connectivity index (χ0) is 24.7.